The Kier molecular flexibility index (Phi) is 4.74. The number of aryl methyl sites for hydroxylation is 2. The fraction of sp³-hybridized carbons (Fsp3) is 0.312. The first-order chi connectivity index (χ1) is 10.2. The molecule has 1 aromatic carbocycles. The molecule has 1 aliphatic rings. The van der Waals surface area contributed by atoms with Gasteiger partial charge in [-0.05, 0) is 80.3 Å². The van der Waals surface area contributed by atoms with Gasteiger partial charge in [-0.15, -0.1) is 0 Å². The number of benzene rings is 1. The van der Waals surface area contributed by atoms with Crippen LogP contribution >= 0.6 is 31.9 Å². The van der Waals surface area contributed by atoms with Gasteiger partial charge < -0.3 is 0 Å². The van der Waals surface area contributed by atoms with E-state index >= 15 is 0 Å². The Bertz CT molecular complexity index is 658. The van der Waals surface area contributed by atoms with E-state index in [9.17, 15) is 0 Å². The number of hydrogen-bond acceptors (Lipinski definition) is 3. The molecule has 2 aromatic rings. The highest BCUT2D eigenvalue weighted by Crippen LogP contribution is 2.28. The fourth-order valence-electron chi connectivity index (χ4n) is 2.90. The van der Waals surface area contributed by atoms with Crippen LogP contribution in [0.15, 0.2) is 39.4 Å². The lowest BCUT2D eigenvalue weighted by Crippen LogP contribution is -2.30. The van der Waals surface area contributed by atoms with Crippen molar-refractivity contribution in [3.05, 3.63) is 61.8 Å². The number of hydrogen-bond donors (Lipinski definition) is 2. The highest BCUT2D eigenvalue weighted by molar-refractivity contribution is 9.11. The summed E-state index contributed by atoms with van der Waals surface area (Å²) in [6.45, 7) is 0. The lowest BCUT2D eigenvalue weighted by atomic mass is 9.99. The average molecular weight is 411 g/mol. The number of pyridine rings is 1. The molecule has 1 atom stereocenters. The first-order valence-corrected chi connectivity index (χ1v) is 8.63. The number of hydrazine groups is 1. The van der Waals surface area contributed by atoms with Crippen LogP contribution in [0.1, 0.15) is 34.8 Å². The number of halogens is 2. The molecule has 1 aliphatic carbocycles. The molecule has 1 heterocycles. The number of aromatic nitrogens is 1. The molecule has 0 aliphatic heterocycles. The second-order valence-corrected chi connectivity index (χ2v) is 7.17. The van der Waals surface area contributed by atoms with Crippen molar-refractivity contribution in [1.29, 1.82) is 0 Å². The van der Waals surface area contributed by atoms with E-state index in [2.05, 4.69) is 60.5 Å². The van der Waals surface area contributed by atoms with Crippen LogP contribution in [-0.4, -0.2) is 4.98 Å². The molecule has 1 unspecified atom stereocenters. The van der Waals surface area contributed by atoms with Crippen molar-refractivity contribution < 1.29 is 0 Å². The van der Waals surface area contributed by atoms with Crippen LogP contribution < -0.4 is 11.3 Å². The summed E-state index contributed by atoms with van der Waals surface area (Å²) in [6, 6.07) is 8.78. The van der Waals surface area contributed by atoms with E-state index < -0.39 is 0 Å². The normalized spacial score (nSPS) is 15.0. The third-order valence-electron chi connectivity index (χ3n) is 3.97. The van der Waals surface area contributed by atoms with E-state index in [1.807, 2.05) is 6.07 Å². The summed E-state index contributed by atoms with van der Waals surface area (Å²) in [5.74, 6) is 5.75. The van der Waals surface area contributed by atoms with Crippen LogP contribution in [0.3, 0.4) is 0 Å². The van der Waals surface area contributed by atoms with E-state index in [1.165, 1.54) is 36.0 Å². The highest BCUT2D eigenvalue weighted by atomic mass is 79.9. The molecule has 21 heavy (non-hydrogen) atoms. The van der Waals surface area contributed by atoms with Gasteiger partial charge in [0.05, 0.1) is 11.7 Å². The van der Waals surface area contributed by atoms with Gasteiger partial charge >= 0.3 is 0 Å². The van der Waals surface area contributed by atoms with Crippen LogP contribution in [0.2, 0.25) is 0 Å². The predicted octanol–water partition coefficient (Wildman–Crippen LogP) is 3.84. The van der Waals surface area contributed by atoms with E-state index in [4.69, 9.17) is 5.84 Å². The molecule has 0 spiro atoms. The minimum Gasteiger partial charge on any atom is -0.271 e. The van der Waals surface area contributed by atoms with Crippen molar-refractivity contribution in [3.63, 3.8) is 0 Å². The number of nitrogens with zero attached hydrogens (tertiary/aromatic N) is 1. The Morgan fingerprint density at radius 1 is 1.19 bits per heavy atom. The number of nitrogens with one attached hydrogen (secondary N) is 1. The van der Waals surface area contributed by atoms with Gasteiger partial charge in [-0.2, -0.15) is 0 Å². The molecule has 0 saturated heterocycles. The van der Waals surface area contributed by atoms with Gasteiger partial charge in [0.15, 0.2) is 0 Å². The summed E-state index contributed by atoms with van der Waals surface area (Å²) in [7, 11) is 0. The predicted molar refractivity (Wildman–Crippen MR) is 91.9 cm³/mol. The van der Waals surface area contributed by atoms with E-state index in [1.54, 1.807) is 6.20 Å². The zero-order chi connectivity index (χ0) is 14.8. The molecule has 0 radical (unpaired) electrons. The van der Waals surface area contributed by atoms with E-state index in [0.29, 0.717) is 0 Å². The molecule has 3 rings (SSSR count). The number of rotatable bonds is 4. The quantitative estimate of drug-likeness (QED) is 0.594. The Labute approximate surface area is 141 Å². The maximum atomic E-state index is 5.75. The Morgan fingerprint density at radius 3 is 2.76 bits per heavy atom. The third-order valence-corrected chi connectivity index (χ3v) is 5.04. The molecule has 3 N–H and O–H groups in total. The van der Waals surface area contributed by atoms with Crippen LogP contribution in [0.5, 0.6) is 0 Å². The smallest absolute Gasteiger partial charge is 0.0732 e. The summed E-state index contributed by atoms with van der Waals surface area (Å²) < 4.78 is 1.91. The molecular formula is C16H17Br2N3. The van der Waals surface area contributed by atoms with Crippen molar-refractivity contribution in [1.82, 2.24) is 10.4 Å². The minimum atomic E-state index is -0.00747. The van der Waals surface area contributed by atoms with Crippen molar-refractivity contribution in [2.75, 3.05) is 0 Å². The van der Waals surface area contributed by atoms with Gasteiger partial charge in [-0.25, -0.2) is 0 Å². The van der Waals surface area contributed by atoms with Gasteiger partial charge in [-0.3, -0.25) is 16.3 Å². The van der Waals surface area contributed by atoms with Gasteiger partial charge in [-0.1, -0.05) is 18.2 Å². The maximum Gasteiger partial charge on any atom is 0.0732 e. The van der Waals surface area contributed by atoms with E-state index in [-0.39, 0.29) is 6.04 Å². The molecule has 0 amide bonds. The Balaban J connectivity index is 1.84. The van der Waals surface area contributed by atoms with Gasteiger partial charge in [0.25, 0.3) is 0 Å². The standard InChI is InChI=1S/C16H17Br2N3/c17-13-8-14(18)16(20-9-13)15(21-19)7-10-4-5-11-2-1-3-12(11)6-10/h4-6,8-9,15,21H,1-3,7,19H2. The molecule has 3 nitrogen and oxygen atoms in total. The van der Waals surface area contributed by atoms with Crippen LogP contribution in [-0.2, 0) is 19.3 Å². The van der Waals surface area contributed by atoms with E-state index in [0.717, 1.165) is 21.1 Å². The van der Waals surface area contributed by atoms with Gasteiger partial charge in [0.2, 0.25) is 0 Å². The zero-order valence-corrected chi connectivity index (χ0v) is 14.7. The number of fused-ring (bicyclic) bond motifs is 1. The Hall–Kier alpha value is -0.750. The summed E-state index contributed by atoms with van der Waals surface area (Å²) in [4.78, 5) is 4.48. The van der Waals surface area contributed by atoms with Gasteiger partial charge in [0, 0.05) is 15.1 Å². The molecule has 1 aromatic heterocycles. The monoisotopic (exact) mass is 409 g/mol. The summed E-state index contributed by atoms with van der Waals surface area (Å²) >= 11 is 6.99. The average Bonchev–Trinajstić information content (AvgIpc) is 2.93. The summed E-state index contributed by atoms with van der Waals surface area (Å²) in [5.41, 5.74) is 8.11. The molecule has 0 bridgehead atoms. The maximum absolute atomic E-state index is 5.75. The molecule has 0 saturated carbocycles. The molecule has 0 fully saturated rings. The minimum absolute atomic E-state index is 0.00747. The topological polar surface area (TPSA) is 50.9 Å². The van der Waals surface area contributed by atoms with Crippen molar-refractivity contribution in [2.24, 2.45) is 5.84 Å². The number of nitrogens with two attached hydrogens (primary N) is 1. The largest absolute Gasteiger partial charge is 0.271 e. The van der Waals surface area contributed by atoms with Gasteiger partial charge in [0.1, 0.15) is 0 Å². The van der Waals surface area contributed by atoms with Crippen LogP contribution in [0.25, 0.3) is 0 Å². The second-order valence-electron chi connectivity index (χ2n) is 5.40. The lowest BCUT2D eigenvalue weighted by Gasteiger charge is -2.17. The molecular weight excluding hydrogens is 394 g/mol. The zero-order valence-electron chi connectivity index (χ0n) is 11.6. The second kappa shape index (κ2) is 6.57. The Morgan fingerprint density at radius 2 is 2.00 bits per heavy atom. The first-order valence-electron chi connectivity index (χ1n) is 7.05. The molecule has 110 valence electrons. The van der Waals surface area contributed by atoms with Crippen LogP contribution in [0, 0.1) is 0 Å². The summed E-state index contributed by atoms with van der Waals surface area (Å²) in [6.07, 6.45) is 6.32. The fourth-order valence-corrected chi connectivity index (χ4v) is 4.17. The van der Waals surface area contributed by atoms with Crippen molar-refractivity contribution in [3.8, 4) is 0 Å². The SMILES string of the molecule is NNC(Cc1ccc2c(c1)CCC2)c1ncc(Br)cc1Br. The lowest BCUT2D eigenvalue weighted by molar-refractivity contribution is 0.535. The third kappa shape index (κ3) is 3.37. The molecule has 5 heteroatoms. The summed E-state index contributed by atoms with van der Waals surface area (Å²) in [5, 5.41) is 0. The first kappa shape index (κ1) is 15.2. The van der Waals surface area contributed by atoms with Crippen molar-refractivity contribution >= 4 is 31.9 Å². The van der Waals surface area contributed by atoms with Crippen LogP contribution in [0.4, 0.5) is 0 Å². The highest BCUT2D eigenvalue weighted by Gasteiger charge is 2.17. The van der Waals surface area contributed by atoms with Crippen molar-refractivity contribution in [2.45, 2.75) is 31.7 Å².